The van der Waals surface area contributed by atoms with Crippen molar-refractivity contribution in [2.45, 2.75) is 26.0 Å². The van der Waals surface area contributed by atoms with Gasteiger partial charge in [0.05, 0.1) is 16.9 Å². The van der Waals surface area contributed by atoms with E-state index in [1.807, 2.05) is 60.8 Å². The van der Waals surface area contributed by atoms with Crippen LogP contribution in [-0.2, 0) is 11.3 Å². The predicted molar refractivity (Wildman–Crippen MR) is 153 cm³/mol. The Morgan fingerprint density at radius 1 is 1.00 bits per heavy atom. The molecule has 3 aromatic carbocycles. The van der Waals surface area contributed by atoms with E-state index >= 15 is 0 Å². The Kier molecular flexibility index (Phi) is 6.55. The van der Waals surface area contributed by atoms with Crippen LogP contribution in [0.15, 0.2) is 97.5 Å². The highest BCUT2D eigenvalue weighted by atomic mass is 16.5. The molecule has 0 spiro atoms. The molecule has 1 aliphatic heterocycles. The standard InChI is InChI=1S/C32H28N4O3/c1-21-13-17-36(30-5-3-2-4-29(30)35-21)31(37)25-6-8-26(23-7-9-28-24(18-23)12-16-34-28)27(19-25)32(38)39-20-22-10-14-33-15-11-22/h2-12,14-16,18-19,21,34-35H,13,17,20H2,1H3/t21-/m0/s1. The van der Waals surface area contributed by atoms with Gasteiger partial charge < -0.3 is 19.9 Å². The van der Waals surface area contributed by atoms with Crippen LogP contribution in [0.4, 0.5) is 11.4 Å². The van der Waals surface area contributed by atoms with E-state index in [1.165, 1.54) is 0 Å². The maximum absolute atomic E-state index is 13.9. The lowest BCUT2D eigenvalue weighted by Gasteiger charge is -2.23. The molecule has 3 heterocycles. The molecule has 0 aliphatic carbocycles. The molecule has 6 rings (SSSR count). The molecule has 1 aliphatic rings. The minimum absolute atomic E-state index is 0.110. The molecular weight excluding hydrogens is 488 g/mol. The molecule has 0 fully saturated rings. The van der Waals surface area contributed by atoms with Crippen LogP contribution >= 0.6 is 0 Å². The Labute approximate surface area is 226 Å². The highest BCUT2D eigenvalue weighted by Gasteiger charge is 2.26. The van der Waals surface area contributed by atoms with Gasteiger partial charge in [-0.15, -0.1) is 0 Å². The third kappa shape index (κ3) is 4.99. The first kappa shape index (κ1) is 24.4. The molecule has 0 unspecified atom stereocenters. The zero-order valence-corrected chi connectivity index (χ0v) is 21.6. The number of anilines is 2. The number of ether oxygens (including phenoxy) is 1. The van der Waals surface area contributed by atoms with Crippen molar-refractivity contribution < 1.29 is 14.3 Å². The molecule has 0 radical (unpaired) electrons. The third-order valence-corrected chi connectivity index (χ3v) is 7.10. The first-order chi connectivity index (χ1) is 19.1. The van der Waals surface area contributed by atoms with Gasteiger partial charge in [0.2, 0.25) is 0 Å². The minimum atomic E-state index is -0.489. The second kappa shape index (κ2) is 10.5. The van der Waals surface area contributed by atoms with Crippen LogP contribution in [0.2, 0.25) is 0 Å². The average Bonchev–Trinajstić information content (AvgIpc) is 3.38. The van der Waals surface area contributed by atoms with Gasteiger partial charge in [-0.25, -0.2) is 4.79 Å². The van der Waals surface area contributed by atoms with Gasteiger partial charge in [-0.3, -0.25) is 9.78 Å². The quantitative estimate of drug-likeness (QED) is 0.263. The number of H-pyrrole nitrogens is 1. The summed E-state index contributed by atoms with van der Waals surface area (Å²) in [6, 6.07) is 24.9. The van der Waals surface area contributed by atoms with Crippen molar-refractivity contribution in [2.75, 3.05) is 16.8 Å². The lowest BCUT2D eigenvalue weighted by molar-refractivity contribution is 0.0473. The molecule has 0 saturated carbocycles. The van der Waals surface area contributed by atoms with Crippen molar-refractivity contribution in [2.24, 2.45) is 0 Å². The van der Waals surface area contributed by atoms with E-state index in [2.05, 4.69) is 22.2 Å². The first-order valence-corrected chi connectivity index (χ1v) is 13.0. The average molecular weight is 517 g/mol. The largest absolute Gasteiger partial charge is 0.457 e. The molecule has 7 nitrogen and oxygen atoms in total. The van der Waals surface area contributed by atoms with E-state index < -0.39 is 5.97 Å². The van der Waals surface area contributed by atoms with Gasteiger partial charge in [0.15, 0.2) is 0 Å². The van der Waals surface area contributed by atoms with E-state index in [1.54, 1.807) is 41.6 Å². The summed E-state index contributed by atoms with van der Waals surface area (Å²) in [5.74, 6) is -0.647. The Morgan fingerprint density at radius 2 is 1.85 bits per heavy atom. The first-order valence-electron chi connectivity index (χ1n) is 13.0. The molecule has 0 bridgehead atoms. The highest BCUT2D eigenvalue weighted by molar-refractivity contribution is 6.10. The van der Waals surface area contributed by atoms with Crippen LogP contribution in [0.25, 0.3) is 22.0 Å². The van der Waals surface area contributed by atoms with Crippen LogP contribution in [0.5, 0.6) is 0 Å². The summed E-state index contributed by atoms with van der Waals surface area (Å²) in [6.45, 7) is 2.79. The molecule has 194 valence electrons. The number of carbonyl (C=O) groups excluding carboxylic acids is 2. The van der Waals surface area contributed by atoms with Crippen LogP contribution in [0.1, 0.15) is 39.6 Å². The smallest absolute Gasteiger partial charge is 0.339 e. The SMILES string of the molecule is C[C@H]1CCN(C(=O)c2ccc(-c3ccc4[nH]ccc4c3)c(C(=O)OCc3ccncc3)c2)c2ccccc2N1. The van der Waals surface area contributed by atoms with Gasteiger partial charge in [-0.05, 0) is 90.0 Å². The third-order valence-electron chi connectivity index (χ3n) is 7.10. The molecule has 1 atom stereocenters. The summed E-state index contributed by atoms with van der Waals surface area (Å²) in [5.41, 5.74) is 5.95. The van der Waals surface area contributed by atoms with Crippen molar-refractivity contribution in [3.63, 3.8) is 0 Å². The number of hydrogen-bond donors (Lipinski definition) is 2. The lowest BCUT2D eigenvalue weighted by Crippen LogP contribution is -2.32. The number of benzene rings is 3. The highest BCUT2D eigenvalue weighted by Crippen LogP contribution is 2.33. The normalized spacial score (nSPS) is 14.8. The number of carbonyl (C=O) groups is 2. The second-order valence-corrected chi connectivity index (χ2v) is 9.78. The Bertz CT molecular complexity index is 1660. The number of rotatable bonds is 5. The number of amides is 1. The molecule has 2 aromatic heterocycles. The number of para-hydroxylation sites is 2. The Morgan fingerprint density at radius 3 is 2.72 bits per heavy atom. The second-order valence-electron chi connectivity index (χ2n) is 9.78. The van der Waals surface area contributed by atoms with Crippen molar-refractivity contribution in [3.8, 4) is 11.1 Å². The van der Waals surface area contributed by atoms with Crippen LogP contribution in [0, 0.1) is 0 Å². The maximum atomic E-state index is 13.9. The maximum Gasteiger partial charge on any atom is 0.339 e. The van der Waals surface area contributed by atoms with Crippen molar-refractivity contribution >= 4 is 34.2 Å². The van der Waals surface area contributed by atoms with Gasteiger partial charge >= 0.3 is 5.97 Å². The zero-order chi connectivity index (χ0) is 26.8. The molecule has 2 N–H and O–H groups in total. The Hall–Kier alpha value is -4.91. The zero-order valence-electron chi connectivity index (χ0n) is 21.6. The molecule has 0 saturated heterocycles. The summed E-state index contributed by atoms with van der Waals surface area (Å²) in [6.07, 6.45) is 6.01. The lowest BCUT2D eigenvalue weighted by atomic mass is 9.96. The van der Waals surface area contributed by atoms with Crippen molar-refractivity contribution in [1.29, 1.82) is 0 Å². The van der Waals surface area contributed by atoms with Gasteiger partial charge in [0.25, 0.3) is 5.91 Å². The molecular formula is C32H28N4O3. The Balaban J connectivity index is 1.38. The minimum Gasteiger partial charge on any atom is -0.457 e. The number of pyridine rings is 1. The van der Waals surface area contributed by atoms with Gasteiger partial charge in [-0.2, -0.15) is 0 Å². The topological polar surface area (TPSA) is 87.3 Å². The fourth-order valence-electron chi connectivity index (χ4n) is 5.00. The van der Waals surface area contributed by atoms with Gasteiger partial charge in [0, 0.05) is 42.3 Å². The summed E-state index contributed by atoms with van der Waals surface area (Å²) < 4.78 is 5.71. The number of nitrogens with one attached hydrogen (secondary N) is 2. The summed E-state index contributed by atoms with van der Waals surface area (Å²) in [7, 11) is 0. The predicted octanol–water partition coefficient (Wildman–Crippen LogP) is 6.44. The number of esters is 1. The molecule has 5 aromatic rings. The molecule has 7 heteroatoms. The van der Waals surface area contributed by atoms with E-state index in [0.29, 0.717) is 23.2 Å². The molecule has 39 heavy (non-hydrogen) atoms. The van der Waals surface area contributed by atoms with Gasteiger partial charge in [0.1, 0.15) is 6.61 Å². The number of nitrogens with zero attached hydrogens (tertiary/aromatic N) is 2. The fourth-order valence-corrected chi connectivity index (χ4v) is 5.00. The van der Waals surface area contributed by atoms with E-state index in [4.69, 9.17) is 4.74 Å². The summed E-state index contributed by atoms with van der Waals surface area (Å²) in [5, 5.41) is 4.52. The van der Waals surface area contributed by atoms with E-state index in [9.17, 15) is 9.59 Å². The molecule has 1 amide bonds. The monoisotopic (exact) mass is 516 g/mol. The van der Waals surface area contributed by atoms with Crippen molar-refractivity contribution in [3.05, 3.63) is 114 Å². The number of fused-ring (bicyclic) bond motifs is 2. The van der Waals surface area contributed by atoms with E-state index in [0.717, 1.165) is 39.8 Å². The number of hydrogen-bond acceptors (Lipinski definition) is 5. The van der Waals surface area contributed by atoms with E-state index in [-0.39, 0.29) is 18.6 Å². The van der Waals surface area contributed by atoms with Gasteiger partial charge in [-0.1, -0.05) is 24.3 Å². The fraction of sp³-hybridized carbons (Fsp3) is 0.156. The summed E-state index contributed by atoms with van der Waals surface area (Å²) >= 11 is 0. The summed E-state index contributed by atoms with van der Waals surface area (Å²) in [4.78, 5) is 36.4. The van der Waals surface area contributed by atoms with Crippen LogP contribution < -0.4 is 10.2 Å². The van der Waals surface area contributed by atoms with Crippen LogP contribution in [-0.4, -0.2) is 34.4 Å². The number of aromatic nitrogens is 2. The number of aromatic amines is 1. The van der Waals surface area contributed by atoms with Crippen molar-refractivity contribution in [1.82, 2.24) is 9.97 Å². The van der Waals surface area contributed by atoms with Crippen LogP contribution in [0.3, 0.4) is 0 Å².